The maximum atomic E-state index is 13.4. The average Bonchev–Trinajstić information content (AvgIpc) is 3.36. The number of nitrogens with zero attached hydrogens (tertiary/aromatic N) is 1. The molecule has 3 aromatic rings. The summed E-state index contributed by atoms with van der Waals surface area (Å²) in [7, 11) is 0. The van der Waals surface area contributed by atoms with Crippen molar-refractivity contribution in [1.82, 2.24) is 5.32 Å². The maximum Gasteiger partial charge on any atom is 0.258 e. The minimum Gasteiger partial charge on any atom is -0.376 e. The zero-order valence-corrected chi connectivity index (χ0v) is 18.4. The van der Waals surface area contributed by atoms with Gasteiger partial charge < -0.3 is 15.0 Å². The molecule has 2 amide bonds. The van der Waals surface area contributed by atoms with E-state index in [1.807, 2.05) is 42.5 Å². The molecule has 0 bridgehead atoms. The third-order valence-corrected chi connectivity index (χ3v) is 5.66. The van der Waals surface area contributed by atoms with Crippen LogP contribution in [0.2, 0.25) is 0 Å². The summed E-state index contributed by atoms with van der Waals surface area (Å²) in [5.41, 5.74) is 2.85. The van der Waals surface area contributed by atoms with Crippen LogP contribution in [-0.2, 0) is 22.5 Å². The first-order valence-corrected chi connectivity index (χ1v) is 11.2. The molecule has 1 aliphatic rings. The van der Waals surface area contributed by atoms with Crippen LogP contribution in [0.1, 0.15) is 34.3 Å². The van der Waals surface area contributed by atoms with Crippen LogP contribution < -0.4 is 10.2 Å². The molecule has 33 heavy (non-hydrogen) atoms. The Morgan fingerprint density at radius 1 is 0.970 bits per heavy atom. The van der Waals surface area contributed by atoms with Crippen molar-refractivity contribution in [1.29, 1.82) is 0 Å². The maximum absolute atomic E-state index is 13.4. The van der Waals surface area contributed by atoms with Crippen LogP contribution in [0.15, 0.2) is 78.9 Å². The Balaban J connectivity index is 1.52. The molecule has 1 saturated heterocycles. The Kier molecular flexibility index (Phi) is 7.47. The van der Waals surface area contributed by atoms with E-state index in [9.17, 15) is 14.0 Å². The summed E-state index contributed by atoms with van der Waals surface area (Å²) in [5.74, 6) is -0.572. The number of hydrogen-bond donors (Lipinski definition) is 1. The molecular weight excluding hydrogens is 419 g/mol. The standard InChI is InChI=1S/C27H27FN2O3/c28-23-13-11-20(12-14-23)19-30(27(32)22-7-2-1-3-8-22)24-9-4-6-21(16-24)17-26(31)29-18-25-10-5-15-33-25/h1-4,6-9,11-14,16,25H,5,10,15,17-19H2,(H,29,31). The molecule has 0 spiro atoms. The topological polar surface area (TPSA) is 58.6 Å². The van der Waals surface area contributed by atoms with Gasteiger partial charge in [-0.1, -0.05) is 42.5 Å². The Hall–Kier alpha value is -3.51. The highest BCUT2D eigenvalue weighted by molar-refractivity contribution is 6.06. The molecule has 1 atom stereocenters. The van der Waals surface area contributed by atoms with Crippen LogP contribution in [0.25, 0.3) is 0 Å². The van der Waals surface area contributed by atoms with Crippen LogP contribution in [0.5, 0.6) is 0 Å². The second kappa shape index (κ2) is 10.9. The van der Waals surface area contributed by atoms with Gasteiger partial charge in [0.1, 0.15) is 5.82 Å². The van der Waals surface area contributed by atoms with Gasteiger partial charge in [-0.25, -0.2) is 4.39 Å². The molecule has 4 rings (SSSR count). The number of hydrogen-bond acceptors (Lipinski definition) is 3. The highest BCUT2D eigenvalue weighted by atomic mass is 19.1. The molecule has 0 aromatic heterocycles. The summed E-state index contributed by atoms with van der Waals surface area (Å²) in [6.07, 6.45) is 2.30. The molecule has 170 valence electrons. The van der Waals surface area contributed by atoms with Gasteiger partial charge in [0.2, 0.25) is 5.91 Å². The first kappa shape index (κ1) is 22.7. The molecule has 1 fully saturated rings. The smallest absolute Gasteiger partial charge is 0.258 e. The fourth-order valence-corrected chi connectivity index (χ4v) is 3.90. The van der Waals surface area contributed by atoms with Crippen molar-refractivity contribution >= 4 is 17.5 Å². The van der Waals surface area contributed by atoms with Gasteiger partial charge in [-0.3, -0.25) is 9.59 Å². The number of ether oxygens (including phenoxy) is 1. The predicted octanol–water partition coefficient (Wildman–Crippen LogP) is 4.51. The summed E-state index contributed by atoms with van der Waals surface area (Å²) in [4.78, 5) is 27.5. The fourth-order valence-electron chi connectivity index (χ4n) is 3.90. The van der Waals surface area contributed by atoms with E-state index in [0.717, 1.165) is 30.6 Å². The Morgan fingerprint density at radius 3 is 2.48 bits per heavy atom. The quantitative estimate of drug-likeness (QED) is 0.554. The third-order valence-electron chi connectivity index (χ3n) is 5.66. The van der Waals surface area contributed by atoms with E-state index in [0.29, 0.717) is 17.8 Å². The zero-order valence-electron chi connectivity index (χ0n) is 18.4. The first-order valence-electron chi connectivity index (χ1n) is 11.2. The van der Waals surface area contributed by atoms with Gasteiger partial charge in [0, 0.05) is 24.4 Å². The van der Waals surface area contributed by atoms with E-state index in [-0.39, 0.29) is 36.7 Å². The van der Waals surface area contributed by atoms with E-state index < -0.39 is 0 Å². The van der Waals surface area contributed by atoms with Gasteiger partial charge in [-0.15, -0.1) is 0 Å². The van der Waals surface area contributed by atoms with Gasteiger partial charge in [0.15, 0.2) is 0 Å². The molecule has 0 saturated carbocycles. The summed E-state index contributed by atoms with van der Waals surface area (Å²) < 4.78 is 18.9. The predicted molar refractivity (Wildman–Crippen MR) is 125 cm³/mol. The second-order valence-electron chi connectivity index (χ2n) is 8.17. The molecular formula is C27H27FN2O3. The van der Waals surface area contributed by atoms with Gasteiger partial charge >= 0.3 is 0 Å². The van der Waals surface area contributed by atoms with Gasteiger partial charge in [-0.2, -0.15) is 0 Å². The lowest BCUT2D eigenvalue weighted by atomic mass is 10.1. The highest BCUT2D eigenvalue weighted by Crippen LogP contribution is 2.22. The molecule has 1 unspecified atom stereocenters. The molecule has 1 aliphatic heterocycles. The van der Waals surface area contributed by atoms with Crippen molar-refractivity contribution in [2.45, 2.75) is 31.9 Å². The van der Waals surface area contributed by atoms with Crippen molar-refractivity contribution in [3.8, 4) is 0 Å². The van der Waals surface area contributed by atoms with Gasteiger partial charge in [-0.05, 0) is 60.4 Å². The molecule has 1 N–H and O–H groups in total. The lowest BCUT2D eigenvalue weighted by molar-refractivity contribution is -0.120. The number of amides is 2. The molecule has 5 nitrogen and oxygen atoms in total. The van der Waals surface area contributed by atoms with E-state index in [1.165, 1.54) is 12.1 Å². The number of carbonyl (C=O) groups excluding carboxylic acids is 2. The summed E-state index contributed by atoms with van der Waals surface area (Å²) in [6.45, 7) is 1.55. The lowest BCUT2D eigenvalue weighted by Crippen LogP contribution is -2.33. The molecule has 0 radical (unpaired) electrons. The van der Waals surface area contributed by atoms with Gasteiger partial charge in [0.05, 0.1) is 19.1 Å². The van der Waals surface area contributed by atoms with Crippen LogP contribution in [0, 0.1) is 5.82 Å². The van der Waals surface area contributed by atoms with E-state index in [1.54, 1.807) is 29.2 Å². The number of benzene rings is 3. The minimum absolute atomic E-state index is 0.0814. The Bertz CT molecular complexity index is 1080. The van der Waals surface area contributed by atoms with Crippen LogP contribution in [0.3, 0.4) is 0 Å². The normalized spacial score (nSPS) is 15.2. The van der Waals surface area contributed by atoms with Crippen molar-refractivity contribution < 1.29 is 18.7 Å². The van der Waals surface area contributed by atoms with Crippen molar-refractivity contribution in [2.24, 2.45) is 0 Å². The Labute approximate surface area is 193 Å². The number of carbonyl (C=O) groups is 2. The lowest BCUT2D eigenvalue weighted by Gasteiger charge is -2.24. The highest BCUT2D eigenvalue weighted by Gasteiger charge is 2.20. The zero-order chi connectivity index (χ0) is 23.0. The largest absolute Gasteiger partial charge is 0.376 e. The molecule has 3 aromatic carbocycles. The van der Waals surface area contributed by atoms with Crippen LogP contribution in [0.4, 0.5) is 10.1 Å². The summed E-state index contributed by atoms with van der Waals surface area (Å²) in [5, 5.41) is 2.94. The third kappa shape index (κ3) is 6.26. The van der Waals surface area contributed by atoms with Gasteiger partial charge in [0.25, 0.3) is 5.91 Å². The SMILES string of the molecule is O=C(Cc1cccc(N(Cc2ccc(F)cc2)C(=O)c2ccccc2)c1)NCC1CCCO1. The summed E-state index contributed by atoms with van der Waals surface area (Å²) in [6, 6.07) is 22.6. The number of halogens is 1. The minimum atomic E-state index is -0.323. The van der Waals surface area contributed by atoms with E-state index in [2.05, 4.69) is 5.32 Å². The number of nitrogens with one attached hydrogen (secondary N) is 1. The van der Waals surface area contributed by atoms with E-state index in [4.69, 9.17) is 4.74 Å². The second-order valence-corrected chi connectivity index (χ2v) is 8.17. The van der Waals surface area contributed by atoms with E-state index >= 15 is 0 Å². The number of rotatable bonds is 8. The van der Waals surface area contributed by atoms with Crippen molar-refractivity contribution in [2.75, 3.05) is 18.1 Å². The molecule has 0 aliphatic carbocycles. The first-order chi connectivity index (χ1) is 16.1. The monoisotopic (exact) mass is 446 g/mol. The number of anilines is 1. The average molecular weight is 447 g/mol. The Morgan fingerprint density at radius 2 is 1.76 bits per heavy atom. The fraction of sp³-hybridized carbons (Fsp3) is 0.259. The van der Waals surface area contributed by atoms with Crippen LogP contribution >= 0.6 is 0 Å². The van der Waals surface area contributed by atoms with Crippen molar-refractivity contribution in [3.05, 3.63) is 101 Å². The molecule has 1 heterocycles. The van der Waals surface area contributed by atoms with Crippen molar-refractivity contribution in [3.63, 3.8) is 0 Å². The summed E-state index contributed by atoms with van der Waals surface area (Å²) >= 11 is 0. The molecule has 6 heteroatoms. The van der Waals surface area contributed by atoms with Crippen LogP contribution in [-0.4, -0.2) is 31.1 Å².